The van der Waals surface area contributed by atoms with Crippen molar-refractivity contribution >= 4 is 23.5 Å². The Morgan fingerprint density at radius 1 is 0.929 bits per heavy atom. The highest BCUT2D eigenvalue weighted by atomic mass is 16.2. The Labute approximate surface area is 80.4 Å². The van der Waals surface area contributed by atoms with Gasteiger partial charge in [0, 0.05) is 0 Å². The van der Waals surface area contributed by atoms with Gasteiger partial charge in [0.05, 0.1) is 11.4 Å². The number of amides is 4. The van der Waals surface area contributed by atoms with E-state index in [2.05, 4.69) is 10.2 Å². The molecule has 4 amide bonds. The zero-order valence-electron chi connectivity index (χ0n) is 7.87. The molecule has 0 aliphatic heterocycles. The molecule has 0 saturated carbocycles. The van der Waals surface area contributed by atoms with Crippen LogP contribution in [0.3, 0.4) is 0 Å². The first kappa shape index (κ1) is 11.9. The first-order valence-corrected chi connectivity index (χ1v) is 3.63. The maximum Gasteiger partial charge on any atom is 0.332 e. The van der Waals surface area contributed by atoms with Gasteiger partial charge in [-0.15, -0.1) is 0 Å². The van der Waals surface area contributed by atoms with Gasteiger partial charge < -0.3 is 11.5 Å². The molecule has 0 aromatic rings. The molecule has 0 aromatic heterocycles. The first-order chi connectivity index (χ1) is 6.43. The van der Waals surface area contributed by atoms with Gasteiger partial charge in [-0.05, 0) is 13.8 Å². The van der Waals surface area contributed by atoms with Crippen LogP contribution in [0, 0.1) is 0 Å². The molecule has 0 aromatic carbocycles. The molecule has 0 radical (unpaired) electrons. The van der Waals surface area contributed by atoms with Crippen molar-refractivity contribution in [2.24, 2.45) is 21.7 Å². The molecule has 0 spiro atoms. The monoisotopic (exact) mass is 200 g/mol. The number of nitrogens with one attached hydrogen (secondary N) is 2. The Morgan fingerprint density at radius 3 is 1.43 bits per heavy atom. The molecule has 8 nitrogen and oxygen atoms in total. The summed E-state index contributed by atoms with van der Waals surface area (Å²) in [6.45, 7) is 3.16. The zero-order valence-corrected chi connectivity index (χ0v) is 7.87. The normalized spacial score (nSPS) is 12.1. The third kappa shape index (κ3) is 5.52. The number of rotatable bonds is 3. The maximum absolute atomic E-state index is 10.3. The standard InChI is InChI=1S/C6H12N6O2/c1-3(9-11-5(7)13)4(2)10-12-6(8)14/h1-2H3,(H3,7,11,13)(H3,8,12,14)/b9-3+,10-4+. The Bertz CT molecular complexity index is 265. The smallest absolute Gasteiger partial charge is 0.332 e. The van der Waals surface area contributed by atoms with E-state index in [9.17, 15) is 9.59 Å². The molecule has 78 valence electrons. The van der Waals surface area contributed by atoms with E-state index in [0.29, 0.717) is 11.4 Å². The van der Waals surface area contributed by atoms with Crippen LogP contribution >= 0.6 is 0 Å². The SMILES string of the molecule is CC(=N\NC(N)=O)/C(C)=N/NC(N)=O. The molecule has 0 heterocycles. The van der Waals surface area contributed by atoms with Gasteiger partial charge in [0.1, 0.15) is 0 Å². The zero-order chi connectivity index (χ0) is 11.1. The van der Waals surface area contributed by atoms with Crippen molar-refractivity contribution < 1.29 is 9.59 Å². The van der Waals surface area contributed by atoms with Gasteiger partial charge in [0.15, 0.2) is 0 Å². The summed E-state index contributed by atoms with van der Waals surface area (Å²) in [5, 5.41) is 7.14. The Morgan fingerprint density at radius 2 is 1.21 bits per heavy atom. The van der Waals surface area contributed by atoms with Crippen molar-refractivity contribution in [2.45, 2.75) is 13.8 Å². The van der Waals surface area contributed by atoms with E-state index in [1.54, 1.807) is 13.8 Å². The molecule has 0 aliphatic carbocycles. The molecule has 0 rings (SSSR count). The van der Waals surface area contributed by atoms with E-state index in [1.807, 2.05) is 10.9 Å². The molecule has 0 unspecified atom stereocenters. The third-order valence-electron chi connectivity index (χ3n) is 1.19. The van der Waals surface area contributed by atoms with Crippen molar-refractivity contribution in [3.63, 3.8) is 0 Å². The highest BCUT2D eigenvalue weighted by Crippen LogP contribution is 1.81. The minimum atomic E-state index is -0.778. The van der Waals surface area contributed by atoms with Crippen molar-refractivity contribution in [1.82, 2.24) is 10.9 Å². The van der Waals surface area contributed by atoms with Gasteiger partial charge in [-0.2, -0.15) is 10.2 Å². The molecule has 0 aliphatic rings. The maximum atomic E-state index is 10.3. The first-order valence-electron chi connectivity index (χ1n) is 3.63. The number of carbonyl (C=O) groups excluding carboxylic acids is 2. The lowest BCUT2D eigenvalue weighted by atomic mass is 10.3. The molecular weight excluding hydrogens is 188 g/mol. The predicted molar refractivity (Wildman–Crippen MR) is 51.7 cm³/mol. The summed E-state index contributed by atoms with van der Waals surface area (Å²) in [6, 6.07) is -1.56. The van der Waals surface area contributed by atoms with E-state index in [-0.39, 0.29) is 0 Å². The average Bonchev–Trinajstić information content (AvgIpc) is 2.09. The van der Waals surface area contributed by atoms with E-state index in [4.69, 9.17) is 11.5 Å². The second-order valence-electron chi connectivity index (χ2n) is 2.35. The number of urea groups is 2. The van der Waals surface area contributed by atoms with Crippen molar-refractivity contribution in [3.05, 3.63) is 0 Å². The highest BCUT2D eigenvalue weighted by Gasteiger charge is 1.98. The Kier molecular flexibility index (Phi) is 4.68. The third-order valence-corrected chi connectivity index (χ3v) is 1.19. The molecule has 8 heteroatoms. The lowest BCUT2D eigenvalue weighted by Crippen LogP contribution is -2.29. The van der Waals surface area contributed by atoms with Crippen LogP contribution in [0.4, 0.5) is 9.59 Å². The van der Waals surface area contributed by atoms with Gasteiger partial charge in [0.25, 0.3) is 0 Å². The Hall–Kier alpha value is -2.12. The molecule has 0 bridgehead atoms. The molecule has 14 heavy (non-hydrogen) atoms. The summed E-state index contributed by atoms with van der Waals surface area (Å²) < 4.78 is 0. The van der Waals surface area contributed by atoms with E-state index < -0.39 is 12.1 Å². The highest BCUT2D eigenvalue weighted by molar-refractivity contribution is 6.40. The summed E-state index contributed by atoms with van der Waals surface area (Å²) in [5.41, 5.74) is 14.4. The van der Waals surface area contributed by atoms with Gasteiger partial charge in [-0.1, -0.05) is 0 Å². The van der Waals surface area contributed by atoms with Crippen molar-refractivity contribution in [1.29, 1.82) is 0 Å². The van der Waals surface area contributed by atoms with Gasteiger partial charge in [-0.3, -0.25) is 0 Å². The average molecular weight is 200 g/mol. The summed E-state index contributed by atoms with van der Waals surface area (Å²) >= 11 is 0. The predicted octanol–water partition coefficient (Wildman–Crippen LogP) is -0.925. The topological polar surface area (TPSA) is 135 Å². The number of hydrogen-bond donors (Lipinski definition) is 4. The fourth-order valence-corrected chi connectivity index (χ4v) is 0.440. The van der Waals surface area contributed by atoms with Crippen LogP contribution in [0.15, 0.2) is 10.2 Å². The summed E-state index contributed by atoms with van der Waals surface area (Å²) in [4.78, 5) is 20.5. The molecule has 0 saturated heterocycles. The fraction of sp³-hybridized carbons (Fsp3) is 0.333. The van der Waals surface area contributed by atoms with Crippen LogP contribution < -0.4 is 22.3 Å². The van der Waals surface area contributed by atoms with Crippen LogP contribution in [-0.4, -0.2) is 23.5 Å². The fourth-order valence-electron chi connectivity index (χ4n) is 0.440. The second kappa shape index (κ2) is 5.51. The number of nitrogens with zero attached hydrogens (tertiary/aromatic N) is 2. The number of hydrogen-bond acceptors (Lipinski definition) is 4. The minimum Gasteiger partial charge on any atom is -0.350 e. The lowest BCUT2D eigenvalue weighted by molar-refractivity contribution is 0.248. The van der Waals surface area contributed by atoms with Crippen LogP contribution in [0.1, 0.15) is 13.8 Å². The van der Waals surface area contributed by atoms with Gasteiger partial charge >= 0.3 is 12.1 Å². The van der Waals surface area contributed by atoms with Gasteiger partial charge in [-0.25, -0.2) is 20.4 Å². The molecular formula is C6H12N6O2. The summed E-state index contributed by atoms with van der Waals surface area (Å²) in [7, 11) is 0. The molecule has 0 fully saturated rings. The number of hydrazone groups is 2. The minimum absolute atomic E-state index is 0.401. The van der Waals surface area contributed by atoms with Crippen LogP contribution in [0.5, 0.6) is 0 Å². The van der Waals surface area contributed by atoms with E-state index >= 15 is 0 Å². The quantitative estimate of drug-likeness (QED) is 0.346. The van der Waals surface area contributed by atoms with E-state index in [0.717, 1.165) is 0 Å². The van der Waals surface area contributed by atoms with E-state index in [1.165, 1.54) is 0 Å². The number of carbonyl (C=O) groups is 2. The molecule has 0 atom stereocenters. The Balaban J connectivity index is 4.29. The van der Waals surface area contributed by atoms with Gasteiger partial charge in [0.2, 0.25) is 0 Å². The van der Waals surface area contributed by atoms with Crippen molar-refractivity contribution in [2.75, 3.05) is 0 Å². The number of nitrogens with two attached hydrogens (primary N) is 2. The summed E-state index contributed by atoms with van der Waals surface area (Å²) in [5.74, 6) is 0. The van der Waals surface area contributed by atoms with Crippen LogP contribution in [-0.2, 0) is 0 Å². The van der Waals surface area contributed by atoms with Crippen LogP contribution in [0.25, 0.3) is 0 Å². The second-order valence-corrected chi connectivity index (χ2v) is 2.35. The largest absolute Gasteiger partial charge is 0.350 e. The van der Waals surface area contributed by atoms with Crippen LogP contribution in [0.2, 0.25) is 0 Å². The number of primary amides is 2. The summed E-state index contributed by atoms with van der Waals surface area (Å²) in [6.07, 6.45) is 0. The molecule has 6 N–H and O–H groups in total. The van der Waals surface area contributed by atoms with Crippen molar-refractivity contribution in [3.8, 4) is 0 Å². The lowest BCUT2D eigenvalue weighted by Gasteiger charge is -1.99.